The van der Waals surface area contributed by atoms with Crippen LogP contribution in [-0.4, -0.2) is 11.6 Å². The molecule has 0 fully saturated rings. The summed E-state index contributed by atoms with van der Waals surface area (Å²) in [6, 6.07) is 9.59. The number of halogens is 1. The predicted octanol–water partition coefficient (Wildman–Crippen LogP) is 2.90. The zero-order valence-electron chi connectivity index (χ0n) is 9.77. The number of rotatable bonds is 2. The Kier molecular flexibility index (Phi) is 2.94. The van der Waals surface area contributed by atoms with Crippen molar-refractivity contribution in [3.05, 3.63) is 59.7 Å². The van der Waals surface area contributed by atoms with Gasteiger partial charge in [-0.1, -0.05) is 24.3 Å². The molecule has 1 aromatic heterocycles. The van der Waals surface area contributed by atoms with Crippen LogP contribution in [0.3, 0.4) is 0 Å². The van der Waals surface area contributed by atoms with Crippen molar-refractivity contribution in [3.8, 4) is 0 Å². The molecule has 0 aliphatic carbocycles. The highest BCUT2D eigenvalue weighted by Gasteiger charge is 2.20. The van der Waals surface area contributed by atoms with Gasteiger partial charge in [-0.3, -0.25) is 4.98 Å². The number of hydrogen-bond acceptors (Lipinski definition) is 3. The predicted molar refractivity (Wildman–Crippen MR) is 66.7 cm³/mol. The Bertz CT molecular complexity index is 559. The van der Waals surface area contributed by atoms with Crippen molar-refractivity contribution < 1.29 is 9.13 Å². The minimum absolute atomic E-state index is 0.0403. The van der Waals surface area contributed by atoms with Gasteiger partial charge in [0.05, 0.1) is 37.3 Å². The van der Waals surface area contributed by atoms with Gasteiger partial charge in [0, 0.05) is 6.07 Å². The quantitative estimate of drug-likeness (QED) is 0.882. The van der Waals surface area contributed by atoms with Gasteiger partial charge in [0.2, 0.25) is 0 Å². The third kappa shape index (κ3) is 2.19. The Morgan fingerprint density at radius 3 is 3.06 bits per heavy atom. The summed E-state index contributed by atoms with van der Waals surface area (Å²) in [5.74, 6) is -0.343. The van der Waals surface area contributed by atoms with Crippen molar-refractivity contribution in [3.63, 3.8) is 0 Å². The molecule has 0 saturated carbocycles. The molecule has 0 saturated heterocycles. The van der Waals surface area contributed by atoms with E-state index >= 15 is 0 Å². The SMILES string of the molecule is Fc1cncc(NC2COCc3ccccc32)c1. The summed E-state index contributed by atoms with van der Waals surface area (Å²) < 4.78 is 18.6. The second-order valence-electron chi connectivity index (χ2n) is 4.30. The van der Waals surface area contributed by atoms with E-state index in [1.54, 1.807) is 6.20 Å². The van der Waals surface area contributed by atoms with Crippen molar-refractivity contribution in [2.75, 3.05) is 11.9 Å². The molecule has 1 aromatic carbocycles. The largest absolute Gasteiger partial charge is 0.375 e. The molecule has 2 aromatic rings. The van der Waals surface area contributed by atoms with E-state index in [9.17, 15) is 4.39 Å². The highest BCUT2D eigenvalue weighted by atomic mass is 19.1. The van der Waals surface area contributed by atoms with Gasteiger partial charge in [-0.25, -0.2) is 4.39 Å². The summed E-state index contributed by atoms with van der Waals surface area (Å²) in [7, 11) is 0. The first kappa shape index (κ1) is 11.2. The van der Waals surface area contributed by atoms with Crippen molar-refractivity contribution in [2.24, 2.45) is 0 Å². The van der Waals surface area contributed by atoms with Crippen LogP contribution in [0.2, 0.25) is 0 Å². The molecule has 1 atom stereocenters. The number of anilines is 1. The summed E-state index contributed by atoms with van der Waals surface area (Å²) in [5, 5.41) is 3.25. The average molecular weight is 244 g/mol. The molecular weight excluding hydrogens is 231 g/mol. The number of fused-ring (bicyclic) bond motifs is 1. The van der Waals surface area contributed by atoms with Gasteiger partial charge in [0.15, 0.2) is 0 Å². The van der Waals surface area contributed by atoms with E-state index in [0.717, 1.165) is 0 Å². The summed E-state index contributed by atoms with van der Waals surface area (Å²) in [5.41, 5.74) is 3.04. The first-order chi connectivity index (χ1) is 8.83. The summed E-state index contributed by atoms with van der Waals surface area (Å²) in [6.45, 7) is 1.21. The molecule has 0 radical (unpaired) electrons. The van der Waals surface area contributed by atoms with Crippen molar-refractivity contribution >= 4 is 5.69 Å². The minimum Gasteiger partial charge on any atom is -0.375 e. The molecule has 92 valence electrons. The Labute approximate surface area is 105 Å². The average Bonchev–Trinajstić information content (AvgIpc) is 2.39. The fourth-order valence-corrected chi connectivity index (χ4v) is 2.19. The lowest BCUT2D eigenvalue weighted by Crippen LogP contribution is -2.23. The van der Waals surface area contributed by atoms with Crippen LogP contribution in [0.5, 0.6) is 0 Å². The third-order valence-electron chi connectivity index (χ3n) is 3.02. The number of nitrogens with zero attached hydrogens (tertiary/aromatic N) is 1. The fraction of sp³-hybridized carbons (Fsp3) is 0.214. The van der Waals surface area contributed by atoms with Gasteiger partial charge in [0.25, 0.3) is 0 Å². The first-order valence-corrected chi connectivity index (χ1v) is 5.85. The molecule has 0 spiro atoms. The van der Waals surface area contributed by atoms with Crippen LogP contribution in [-0.2, 0) is 11.3 Å². The van der Waals surface area contributed by atoms with E-state index in [4.69, 9.17) is 4.74 Å². The number of pyridine rings is 1. The number of aromatic nitrogens is 1. The van der Waals surface area contributed by atoms with E-state index in [1.807, 2.05) is 18.2 Å². The second kappa shape index (κ2) is 4.74. The molecule has 4 heteroatoms. The first-order valence-electron chi connectivity index (χ1n) is 5.85. The second-order valence-corrected chi connectivity index (χ2v) is 4.30. The molecule has 0 bridgehead atoms. The van der Waals surface area contributed by atoms with Crippen molar-refractivity contribution in [1.29, 1.82) is 0 Å². The Morgan fingerprint density at radius 1 is 1.28 bits per heavy atom. The van der Waals surface area contributed by atoms with Crippen LogP contribution in [0.25, 0.3) is 0 Å². The molecule has 0 amide bonds. The monoisotopic (exact) mass is 244 g/mol. The van der Waals surface area contributed by atoms with E-state index < -0.39 is 0 Å². The summed E-state index contributed by atoms with van der Waals surface area (Å²) in [6.07, 6.45) is 2.80. The zero-order chi connectivity index (χ0) is 12.4. The maximum Gasteiger partial charge on any atom is 0.143 e. The smallest absolute Gasteiger partial charge is 0.143 e. The molecule has 2 heterocycles. The fourth-order valence-electron chi connectivity index (χ4n) is 2.19. The highest BCUT2D eigenvalue weighted by molar-refractivity contribution is 5.45. The van der Waals surface area contributed by atoms with E-state index in [2.05, 4.69) is 16.4 Å². The van der Waals surface area contributed by atoms with Crippen LogP contribution < -0.4 is 5.32 Å². The standard InChI is InChI=1S/C14H13FN2O/c15-11-5-12(7-16-6-11)17-14-9-18-8-10-3-1-2-4-13(10)14/h1-7,14,17H,8-9H2. The molecule has 18 heavy (non-hydrogen) atoms. The minimum atomic E-state index is -0.343. The van der Waals surface area contributed by atoms with Crippen LogP contribution in [0, 0.1) is 5.82 Å². The maximum absolute atomic E-state index is 13.1. The van der Waals surface area contributed by atoms with E-state index in [0.29, 0.717) is 18.9 Å². The molecule has 1 unspecified atom stereocenters. The summed E-state index contributed by atoms with van der Waals surface area (Å²) in [4.78, 5) is 3.83. The lowest BCUT2D eigenvalue weighted by Gasteiger charge is -2.27. The molecule has 1 aliphatic heterocycles. The van der Waals surface area contributed by atoms with Crippen molar-refractivity contribution in [2.45, 2.75) is 12.6 Å². The van der Waals surface area contributed by atoms with Crippen LogP contribution in [0.4, 0.5) is 10.1 Å². The summed E-state index contributed by atoms with van der Waals surface area (Å²) >= 11 is 0. The van der Waals surface area contributed by atoms with Gasteiger partial charge in [-0.05, 0) is 11.1 Å². The Morgan fingerprint density at radius 2 is 2.17 bits per heavy atom. The highest BCUT2D eigenvalue weighted by Crippen LogP contribution is 2.27. The number of hydrogen-bond donors (Lipinski definition) is 1. The topological polar surface area (TPSA) is 34.2 Å². The van der Waals surface area contributed by atoms with Gasteiger partial charge in [-0.2, -0.15) is 0 Å². The molecule has 1 N–H and O–H groups in total. The Hall–Kier alpha value is -1.94. The van der Waals surface area contributed by atoms with Gasteiger partial charge >= 0.3 is 0 Å². The Balaban J connectivity index is 1.86. The molecule has 1 aliphatic rings. The normalized spacial score (nSPS) is 18.2. The number of nitrogens with one attached hydrogen (secondary N) is 1. The van der Waals surface area contributed by atoms with Gasteiger partial charge in [-0.15, -0.1) is 0 Å². The van der Waals surface area contributed by atoms with Gasteiger partial charge < -0.3 is 10.1 Å². The zero-order valence-corrected chi connectivity index (χ0v) is 9.77. The van der Waals surface area contributed by atoms with E-state index in [-0.39, 0.29) is 11.9 Å². The third-order valence-corrected chi connectivity index (χ3v) is 3.02. The number of benzene rings is 1. The lowest BCUT2D eigenvalue weighted by atomic mass is 9.99. The van der Waals surface area contributed by atoms with Crippen LogP contribution in [0.15, 0.2) is 42.7 Å². The maximum atomic E-state index is 13.1. The number of ether oxygens (including phenoxy) is 1. The van der Waals surface area contributed by atoms with E-state index in [1.165, 1.54) is 23.4 Å². The van der Waals surface area contributed by atoms with Gasteiger partial charge in [0.1, 0.15) is 5.82 Å². The molecule has 3 rings (SSSR count). The molecular formula is C14H13FN2O. The van der Waals surface area contributed by atoms with Crippen LogP contribution >= 0.6 is 0 Å². The molecule has 3 nitrogen and oxygen atoms in total. The van der Waals surface area contributed by atoms with Crippen molar-refractivity contribution in [1.82, 2.24) is 4.98 Å². The lowest BCUT2D eigenvalue weighted by molar-refractivity contribution is 0.0970. The van der Waals surface area contributed by atoms with Crippen LogP contribution in [0.1, 0.15) is 17.2 Å².